The summed E-state index contributed by atoms with van der Waals surface area (Å²) < 4.78 is 0. The molecule has 0 unspecified atom stereocenters. The molecule has 1 aliphatic carbocycles. The summed E-state index contributed by atoms with van der Waals surface area (Å²) in [6.45, 7) is 4.89. The molecule has 0 N–H and O–H groups in total. The van der Waals surface area contributed by atoms with E-state index < -0.39 is 0 Å². The molecule has 1 aromatic rings. The SMILES string of the molecule is c1ccc(N2CCN(C3CCCC3)CC2)cc1. The summed E-state index contributed by atoms with van der Waals surface area (Å²) >= 11 is 0. The summed E-state index contributed by atoms with van der Waals surface area (Å²) in [5, 5.41) is 0. The molecule has 0 bridgehead atoms. The Bertz CT molecular complexity index is 335. The van der Waals surface area contributed by atoms with Gasteiger partial charge in [0.05, 0.1) is 0 Å². The molecule has 0 atom stereocenters. The van der Waals surface area contributed by atoms with E-state index >= 15 is 0 Å². The predicted octanol–water partition coefficient (Wildman–Crippen LogP) is 2.75. The number of nitrogens with zero attached hydrogens (tertiary/aromatic N) is 2. The molecule has 3 rings (SSSR count). The number of anilines is 1. The number of rotatable bonds is 2. The van der Waals surface area contributed by atoms with Crippen molar-refractivity contribution in [1.82, 2.24) is 4.90 Å². The van der Waals surface area contributed by atoms with Crippen molar-refractivity contribution in [2.75, 3.05) is 31.1 Å². The predicted molar refractivity (Wildman–Crippen MR) is 72.5 cm³/mol. The normalized spacial score (nSPS) is 23.2. The third-order valence-electron chi connectivity index (χ3n) is 4.28. The van der Waals surface area contributed by atoms with Gasteiger partial charge in [0, 0.05) is 37.9 Å². The van der Waals surface area contributed by atoms with Crippen LogP contribution in [0.5, 0.6) is 0 Å². The van der Waals surface area contributed by atoms with Gasteiger partial charge in [0.2, 0.25) is 0 Å². The lowest BCUT2D eigenvalue weighted by molar-refractivity contribution is 0.187. The fraction of sp³-hybridized carbons (Fsp3) is 0.600. The molecule has 1 saturated carbocycles. The van der Waals surface area contributed by atoms with Crippen molar-refractivity contribution in [2.24, 2.45) is 0 Å². The maximum Gasteiger partial charge on any atom is 0.0367 e. The van der Waals surface area contributed by atoms with Crippen LogP contribution in [0.4, 0.5) is 5.69 Å². The first kappa shape index (κ1) is 11.1. The molecular weight excluding hydrogens is 208 g/mol. The first-order chi connectivity index (χ1) is 8.43. The van der Waals surface area contributed by atoms with Crippen molar-refractivity contribution < 1.29 is 0 Å². The van der Waals surface area contributed by atoms with Gasteiger partial charge in [0.15, 0.2) is 0 Å². The van der Waals surface area contributed by atoms with Gasteiger partial charge in [-0.25, -0.2) is 0 Å². The maximum atomic E-state index is 2.71. The van der Waals surface area contributed by atoms with Crippen LogP contribution in [0, 0.1) is 0 Å². The van der Waals surface area contributed by atoms with E-state index in [-0.39, 0.29) is 0 Å². The van der Waals surface area contributed by atoms with Crippen LogP contribution in [-0.2, 0) is 0 Å². The van der Waals surface area contributed by atoms with Gasteiger partial charge in [0.1, 0.15) is 0 Å². The van der Waals surface area contributed by atoms with E-state index in [0.717, 1.165) is 6.04 Å². The van der Waals surface area contributed by atoms with Crippen LogP contribution >= 0.6 is 0 Å². The number of para-hydroxylation sites is 1. The van der Waals surface area contributed by atoms with E-state index in [9.17, 15) is 0 Å². The van der Waals surface area contributed by atoms with Gasteiger partial charge >= 0.3 is 0 Å². The van der Waals surface area contributed by atoms with Crippen molar-refractivity contribution in [3.63, 3.8) is 0 Å². The van der Waals surface area contributed by atoms with E-state index in [1.54, 1.807) is 0 Å². The van der Waals surface area contributed by atoms with Crippen molar-refractivity contribution in [3.05, 3.63) is 30.3 Å². The highest BCUT2D eigenvalue weighted by molar-refractivity contribution is 5.46. The fourth-order valence-electron chi connectivity index (χ4n) is 3.25. The van der Waals surface area contributed by atoms with Crippen LogP contribution in [-0.4, -0.2) is 37.1 Å². The lowest BCUT2D eigenvalue weighted by Gasteiger charge is -2.39. The van der Waals surface area contributed by atoms with Gasteiger partial charge in [-0.05, 0) is 25.0 Å². The molecule has 2 aliphatic rings. The average Bonchev–Trinajstić information content (AvgIpc) is 2.94. The molecular formula is C15H22N2. The highest BCUT2D eigenvalue weighted by Gasteiger charge is 2.25. The van der Waals surface area contributed by atoms with Crippen LogP contribution in [0.1, 0.15) is 25.7 Å². The minimum atomic E-state index is 0.896. The zero-order valence-electron chi connectivity index (χ0n) is 10.5. The summed E-state index contributed by atoms with van der Waals surface area (Å²) in [5.41, 5.74) is 1.39. The second-order valence-electron chi connectivity index (χ2n) is 5.30. The van der Waals surface area contributed by atoms with E-state index in [0.29, 0.717) is 0 Å². The van der Waals surface area contributed by atoms with E-state index in [1.165, 1.54) is 57.5 Å². The third-order valence-corrected chi connectivity index (χ3v) is 4.28. The quantitative estimate of drug-likeness (QED) is 0.771. The Kier molecular flexibility index (Phi) is 3.32. The molecule has 17 heavy (non-hydrogen) atoms. The fourth-order valence-corrected chi connectivity index (χ4v) is 3.25. The second kappa shape index (κ2) is 5.09. The van der Waals surface area contributed by atoms with E-state index in [2.05, 4.69) is 40.1 Å². The Morgan fingerprint density at radius 3 is 2.12 bits per heavy atom. The minimum absolute atomic E-state index is 0.896. The molecule has 0 aromatic heterocycles. The molecule has 92 valence electrons. The molecule has 1 aliphatic heterocycles. The summed E-state index contributed by atoms with van der Waals surface area (Å²) in [5.74, 6) is 0. The van der Waals surface area contributed by atoms with Crippen LogP contribution < -0.4 is 4.90 Å². The Morgan fingerprint density at radius 1 is 0.824 bits per heavy atom. The molecule has 1 saturated heterocycles. The van der Waals surface area contributed by atoms with Crippen LogP contribution in [0.25, 0.3) is 0 Å². The standard InChI is InChI=1S/C15H22N2/c1-2-6-14(7-3-1)16-10-12-17(13-11-16)15-8-4-5-9-15/h1-3,6-7,15H,4-5,8-13H2. The molecule has 0 amide bonds. The zero-order chi connectivity index (χ0) is 11.5. The van der Waals surface area contributed by atoms with Gasteiger partial charge in [-0.2, -0.15) is 0 Å². The average molecular weight is 230 g/mol. The van der Waals surface area contributed by atoms with Crippen molar-refractivity contribution in [2.45, 2.75) is 31.7 Å². The largest absolute Gasteiger partial charge is 0.369 e. The number of hydrogen-bond acceptors (Lipinski definition) is 2. The Hall–Kier alpha value is -1.02. The smallest absolute Gasteiger partial charge is 0.0367 e. The Labute approximate surface area is 104 Å². The topological polar surface area (TPSA) is 6.48 Å². The number of piperazine rings is 1. The number of benzene rings is 1. The molecule has 0 spiro atoms. The third kappa shape index (κ3) is 2.47. The van der Waals surface area contributed by atoms with Gasteiger partial charge in [-0.15, -0.1) is 0 Å². The van der Waals surface area contributed by atoms with Crippen molar-refractivity contribution in [1.29, 1.82) is 0 Å². The minimum Gasteiger partial charge on any atom is -0.369 e. The highest BCUT2D eigenvalue weighted by atomic mass is 15.3. The van der Waals surface area contributed by atoms with Crippen LogP contribution in [0.15, 0.2) is 30.3 Å². The lowest BCUT2D eigenvalue weighted by Crippen LogP contribution is -2.49. The maximum absolute atomic E-state index is 2.71. The van der Waals surface area contributed by atoms with Gasteiger partial charge < -0.3 is 4.90 Å². The highest BCUT2D eigenvalue weighted by Crippen LogP contribution is 2.25. The summed E-state index contributed by atoms with van der Waals surface area (Å²) in [6, 6.07) is 11.7. The summed E-state index contributed by atoms with van der Waals surface area (Å²) in [6.07, 6.45) is 5.77. The Morgan fingerprint density at radius 2 is 1.47 bits per heavy atom. The monoisotopic (exact) mass is 230 g/mol. The van der Waals surface area contributed by atoms with Crippen LogP contribution in [0.3, 0.4) is 0 Å². The molecule has 1 heterocycles. The van der Waals surface area contributed by atoms with E-state index in [4.69, 9.17) is 0 Å². The van der Waals surface area contributed by atoms with Gasteiger partial charge in [0.25, 0.3) is 0 Å². The van der Waals surface area contributed by atoms with Crippen LogP contribution in [0.2, 0.25) is 0 Å². The number of hydrogen-bond donors (Lipinski definition) is 0. The summed E-state index contributed by atoms with van der Waals surface area (Å²) in [4.78, 5) is 5.23. The Balaban J connectivity index is 1.57. The first-order valence-electron chi connectivity index (χ1n) is 6.97. The molecule has 2 fully saturated rings. The van der Waals surface area contributed by atoms with Gasteiger partial charge in [-0.3, -0.25) is 4.90 Å². The first-order valence-corrected chi connectivity index (χ1v) is 6.97. The molecule has 2 heteroatoms. The summed E-state index contributed by atoms with van der Waals surface area (Å²) in [7, 11) is 0. The van der Waals surface area contributed by atoms with E-state index in [1.807, 2.05) is 0 Å². The lowest BCUT2D eigenvalue weighted by atomic mass is 10.1. The van der Waals surface area contributed by atoms with Crippen molar-refractivity contribution >= 4 is 5.69 Å². The zero-order valence-corrected chi connectivity index (χ0v) is 10.5. The molecule has 0 radical (unpaired) electrons. The molecule has 1 aromatic carbocycles. The molecule has 2 nitrogen and oxygen atoms in total. The van der Waals surface area contributed by atoms with Gasteiger partial charge in [-0.1, -0.05) is 31.0 Å². The van der Waals surface area contributed by atoms with Crippen molar-refractivity contribution in [3.8, 4) is 0 Å². The second-order valence-corrected chi connectivity index (χ2v) is 5.30.